The lowest BCUT2D eigenvalue weighted by Gasteiger charge is -2.44. The highest BCUT2D eigenvalue weighted by Gasteiger charge is 2.47. The number of hydrogen-bond acceptors (Lipinski definition) is 10. The maximum Gasteiger partial charge on any atom is 0.187 e. The van der Waals surface area contributed by atoms with E-state index in [0.717, 1.165) is 0 Å². The smallest absolute Gasteiger partial charge is 0.187 e. The molecule has 10 heteroatoms. The second kappa shape index (κ2) is 7.45. The average molecular weight is 325 g/mol. The summed E-state index contributed by atoms with van der Waals surface area (Å²) in [5.41, 5.74) is 0. The molecule has 2 saturated heterocycles. The van der Waals surface area contributed by atoms with Gasteiger partial charge in [0.05, 0.1) is 25.4 Å². The van der Waals surface area contributed by atoms with Crippen molar-refractivity contribution in [3.05, 3.63) is 0 Å². The minimum Gasteiger partial charge on any atom is -0.395 e. The molecule has 0 unspecified atom stereocenters. The molecule has 0 aromatic carbocycles. The second-order valence-corrected chi connectivity index (χ2v) is 5.55. The lowest BCUT2D eigenvalue weighted by Crippen LogP contribution is -2.65. The van der Waals surface area contributed by atoms with Crippen LogP contribution in [0.25, 0.3) is 0 Å². The van der Waals surface area contributed by atoms with Crippen molar-refractivity contribution in [1.29, 1.82) is 0 Å². The van der Waals surface area contributed by atoms with Gasteiger partial charge in [-0.1, -0.05) is 0 Å². The molecule has 2 aliphatic rings. The lowest BCUT2D eigenvalue weighted by molar-refractivity contribution is -0.324. The Morgan fingerprint density at radius 2 is 1.59 bits per heavy atom. The van der Waals surface area contributed by atoms with Gasteiger partial charge in [0.15, 0.2) is 6.29 Å². The molecule has 2 heterocycles. The van der Waals surface area contributed by atoms with Gasteiger partial charge in [0.2, 0.25) is 0 Å². The van der Waals surface area contributed by atoms with E-state index in [9.17, 15) is 30.6 Å². The molecular weight excluding hydrogens is 302 g/mol. The zero-order valence-corrected chi connectivity index (χ0v) is 11.8. The molecule has 0 radical (unpaired) electrons. The monoisotopic (exact) mass is 325 g/mol. The summed E-state index contributed by atoms with van der Waals surface area (Å²) in [6.45, 7) is -0.949. The number of aliphatic hydroxyl groups excluding tert-OH is 7. The van der Waals surface area contributed by atoms with E-state index in [1.807, 2.05) is 0 Å². The zero-order valence-electron chi connectivity index (χ0n) is 11.8. The number of ether oxygens (including phenoxy) is 2. The van der Waals surface area contributed by atoms with Crippen LogP contribution in [-0.2, 0) is 9.47 Å². The largest absolute Gasteiger partial charge is 0.395 e. The molecule has 0 amide bonds. The van der Waals surface area contributed by atoms with Gasteiger partial charge in [-0.25, -0.2) is 0 Å². The van der Waals surface area contributed by atoms with Gasteiger partial charge < -0.3 is 50.5 Å². The summed E-state index contributed by atoms with van der Waals surface area (Å²) >= 11 is 0. The third-order valence-corrected chi connectivity index (χ3v) is 4.05. The molecule has 0 saturated carbocycles. The van der Waals surface area contributed by atoms with Gasteiger partial charge in [0.25, 0.3) is 0 Å². The van der Waals surface area contributed by atoms with Crippen molar-refractivity contribution in [2.45, 2.75) is 55.1 Å². The first-order chi connectivity index (χ1) is 10.4. The molecular formula is C12H23NO9. The number of β-amino-alcohol motifs (C(OH)–C–C–N with tert-alkyl or cyclic N) is 1. The van der Waals surface area contributed by atoms with E-state index >= 15 is 0 Å². The fourth-order valence-corrected chi connectivity index (χ4v) is 2.64. The summed E-state index contributed by atoms with van der Waals surface area (Å²) in [6, 6.07) is -0.717. The molecule has 9 atom stereocenters. The molecule has 22 heavy (non-hydrogen) atoms. The van der Waals surface area contributed by atoms with Gasteiger partial charge in [-0.15, -0.1) is 0 Å². The molecule has 0 aromatic rings. The van der Waals surface area contributed by atoms with Crippen molar-refractivity contribution in [3.8, 4) is 0 Å². The van der Waals surface area contributed by atoms with Crippen molar-refractivity contribution >= 4 is 0 Å². The van der Waals surface area contributed by atoms with Crippen LogP contribution in [-0.4, -0.2) is 111 Å². The number of rotatable bonds is 4. The molecule has 0 aliphatic carbocycles. The first kappa shape index (κ1) is 17.9. The average Bonchev–Trinajstić information content (AvgIpc) is 2.52. The van der Waals surface area contributed by atoms with E-state index in [0.29, 0.717) is 0 Å². The fraction of sp³-hybridized carbons (Fsp3) is 1.00. The maximum atomic E-state index is 9.97. The molecule has 0 aromatic heterocycles. The number of hydrogen-bond donors (Lipinski definition) is 8. The van der Waals surface area contributed by atoms with Gasteiger partial charge in [-0.2, -0.15) is 0 Å². The summed E-state index contributed by atoms with van der Waals surface area (Å²) in [5.74, 6) is 0. The molecule has 10 nitrogen and oxygen atoms in total. The number of nitrogens with one attached hydrogen (secondary N) is 1. The van der Waals surface area contributed by atoms with Gasteiger partial charge in [0, 0.05) is 6.54 Å². The van der Waals surface area contributed by atoms with Gasteiger partial charge in [0.1, 0.15) is 36.6 Å². The fourth-order valence-electron chi connectivity index (χ4n) is 2.64. The topological polar surface area (TPSA) is 172 Å². The highest BCUT2D eigenvalue weighted by atomic mass is 16.7. The molecule has 8 N–H and O–H groups in total. The Bertz CT molecular complexity index is 355. The Hall–Kier alpha value is -0.400. The molecule has 2 fully saturated rings. The SMILES string of the molecule is OC[C@@H]1O[C@H](O[C@H]2[C@H](O)[C@@H](O)CN[C@@H]2CO)[C@H](O)[C@@H](O)[C@@H]1O. The van der Waals surface area contributed by atoms with Crippen LogP contribution in [0, 0.1) is 0 Å². The Labute approximate surface area is 126 Å². The maximum absolute atomic E-state index is 9.97. The van der Waals surface area contributed by atoms with Gasteiger partial charge in [-0.05, 0) is 0 Å². The third kappa shape index (κ3) is 3.41. The highest BCUT2D eigenvalue weighted by Crippen LogP contribution is 2.25. The minimum atomic E-state index is -1.62. The highest BCUT2D eigenvalue weighted by molar-refractivity contribution is 4.95. The molecule has 2 rings (SSSR count). The van der Waals surface area contributed by atoms with Gasteiger partial charge in [-0.3, -0.25) is 0 Å². The van der Waals surface area contributed by atoms with E-state index in [2.05, 4.69) is 5.32 Å². The number of aliphatic hydroxyl groups is 7. The van der Waals surface area contributed by atoms with E-state index in [1.54, 1.807) is 0 Å². The van der Waals surface area contributed by atoms with Crippen molar-refractivity contribution < 1.29 is 45.2 Å². The van der Waals surface area contributed by atoms with E-state index < -0.39 is 68.3 Å². The summed E-state index contributed by atoms with van der Waals surface area (Å²) in [7, 11) is 0. The van der Waals surface area contributed by atoms with Crippen molar-refractivity contribution in [1.82, 2.24) is 5.32 Å². The van der Waals surface area contributed by atoms with Crippen molar-refractivity contribution in [2.75, 3.05) is 19.8 Å². The quantitative estimate of drug-likeness (QED) is 0.250. The Morgan fingerprint density at radius 1 is 0.909 bits per heavy atom. The normalized spacial score (nSPS) is 50.0. The first-order valence-corrected chi connectivity index (χ1v) is 7.07. The van der Waals surface area contributed by atoms with Crippen LogP contribution in [0.15, 0.2) is 0 Å². The standard InChI is InChI=1S/C12H23NO9/c14-2-4-11(7(17)5(16)1-13-4)22-12-10(20)9(19)8(18)6(3-15)21-12/h4-20H,1-3H2/t4-,5+,6+,7-,8-,9+,10-,11-,12-/m1/s1. The first-order valence-electron chi connectivity index (χ1n) is 7.07. The van der Waals surface area contributed by atoms with Crippen LogP contribution < -0.4 is 5.32 Å². The van der Waals surface area contributed by atoms with E-state index in [4.69, 9.17) is 14.6 Å². The Morgan fingerprint density at radius 3 is 2.18 bits per heavy atom. The third-order valence-electron chi connectivity index (χ3n) is 4.05. The van der Waals surface area contributed by atoms with E-state index in [1.165, 1.54) is 0 Å². The van der Waals surface area contributed by atoms with Crippen LogP contribution in [0.4, 0.5) is 0 Å². The predicted molar refractivity (Wildman–Crippen MR) is 69.5 cm³/mol. The lowest BCUT2D eigenvalue weighted by atomic mass is 9.95. The van der Waals surface area contributed by atoms with Crippen LogP contribution in [0.2, 0.25) is 0 Å². The summed E-state index contributed by atoms with van der Waals surface area (Å²) < 4.78 is 10.6. The molecule has 0 bridgehead atoms. The van der Waals surface area contributed by atoms with E-state index in [-0.39, 0.29) is 6.54 Å². The Balaban J connectivity index is 2.09. The van der Waals surface area contributed by atoms with Crippen LogP contribution >= 0.6 is 0 Å². The Kier molecular flexibility index (Phi) is 6.07. The predicted octanol–water partition coefficient (Wildman–Crippen LogP) is -5.14. The summed E-state index contributed by atoms with van der Waals surface area (Å²) in [5, 5.41) is 70.0. The summed E-state index contributed by atoms with van der Waals surface area (Å²) in [6.07, 6.45) is -10.9. The minimum absolute atomic E-state index is 0.0565. The van der Waals surface area contributed by atoms with Crippen LogP contribution in [0.1, 0.15) is 0 Å². The number of piperidine rings is 1. The second-order valence-electron chi connectivity index (χ2n) is 5.55. The van der Waals surface area contributed by atoms with Crippen LogP contribution in [0.5, 0.6) is 0 Å². The zero-order chi connectivity index (χ0) is 16.4. The van der Waals surface area contributed by atoms with Gasteiger partial charge >= 0.3 is 0 Å². The van der Waals surface area contributed by atoms with Crippen molar-refractivity contribution in [3.63, 3.8) is 0 Å². The summed E-state index contributed by atoms with van der Waals surface area (Å²) in [4.78, 5) is 0. The molecule has 0 spiro atoms. The molecule has 2 aliphatic heterocycles. The van der Waals surface area contributed by atoms with Crippen LogP contribution in [0.3, 0.4) is 0 Å². The van der Waals surface area contributed by atoms with Crippen molar-refractivity contribution in [2.24, 2.45) is 0 Å². The molecule has 130 valence electrons.